The molecule has 9 heteroatoms. The Labute approximate surface area is 180 Å². The molecule has 2 aliphatic heterocycles. The molecule has 29 heavy (non-hydrogen) atoms. The Bertz CT molecular complexity index is 1000. The van der Waals surface area contributed by atoms with Crippen LogP contribution in [0.3, 0.4) is 0 Å². The predicted octanol–water partition coefficient (Wildman–Crippen LogP) is 2.85. The number of fused-ring (bicyclic) bond motifs is 1. The van der Waals surface area contributed by atoms with Crippen molar-refractivity contribution in [3.8, 4) is 0 Å². The minimum atomic E-state index is -3.65. The van der Waals surface area contributed by atoms with E-state index < -0.39 is 10.0 Å². The average molecular weight is 454 g/mol. The van der Waals surface area contributed by atoms with Crippen molar-refractivity contribution in [1.29, 1.82) is 0 Å². The van der Waals surface area contributed by atoms with E-state index in [4.69, 9.17) is 11.6 Å². The molecule has 2 aliphatic rings. The summed E-state index contributed by atoms with van der Waals surface area (Å²) < 4.78 is 27.1. The summed E-state index contributed by atoms with van der Waals surface area (Å²) in [6, 6.07) is 8.85. The maximum atomic E-state index is 12.9. The fourth-order valence-electron chi connectivity index (χ4n) is 4.02. The van der Waals surface area contributed by atoms with Crippen LogP contribution in [0.25, 0.3) is 0 Å². The quantitative estimate of drug-likeness (QED) is 0.714. The minimum Gasteiger partial charge on any atom is -0.339 e. The number of nitrogens with zero attached hydrogens (tertiary/aromatic N) is 3. The zero-order chi connectivity index (χ0) is 20.6. The largest absolute Gasteiger partial charge is 0.339 e. The summed E-state index contributed by atoms with van der Waals surface area (Å²) in [5.41, 5.74) is 1.32. The lowest BCUT2D eigenvalue weighted by atomic mass is 10.0. The first kappa shape index (κ1) is 20.8. The number of rotatable bonds is 4. The van der Waals surface area contributed by atoms with Gasteiger partial charge in [-0.05, 0) is 42.5 Å². The third-order valence-electron chi connectivity index (χ3n) is 5.79. The standard InChI is InChI=1S/C20H24ClN3O3S2/c1-15-16-7-13-28-18(16)6-8-23(15)14-20(25)22-9-11-24(12-10-22)29(26,27)19-5-3-2-4-17(19)21/h2-5,7,13,15H,6,8-12,14H2,1H3. The summed E-state index contributed by atoms with van der Waals surface area (Å²) in [5.74, 6) is 0.0605. The summed E-state index contributed by atoms with van der Waals surface area (Å²) in [7, 11) is -3.65. The van der Waals surface area contributed by atoms with Crippen LogP contribution in [0.4, 0.5) is 0 Å². The van der Waals surface area contributed by atoms with Crippen LogP contribution in [-0.2, 0) is 21.2 Å². The maximum Gasteiger partial charge on any atom is 0.244 e. The lowest BCUT2D eigenvalue weighted by Crippen LogP contribution is -2.53. The van der Waals surface area contributed by atoms with Crippen LogP contribution in [0.2, 0.25) is 5.02 Å². The van der Waals surface area contributed by atoms with Crippen molar-refractivity contribution in [3.63, 3.8) is 0 Å². The van der Waals surface area contributed by atoms with Gasteiger partial charge in [-0.25, -0.2) is 8.42 Å². The fourth-order valence-corrected chi connectivity index (χ4v) is 6.90. The summed E-state index contributed by atoms with van der Waals surface area (Å²) >= 11 is 7.87. The van der Waals surface area contributed by atoms with Crippen LogP contribution in [0.5, 0.6) is 0 Å². The topological polar surface area (TPSA) is 60.9 Å². The van der Waals surface area contributed by atoms with E-state index in [0.29, 0.717) is 19.6 Å². The SMILES string of the molecule is CC1c2ccsc2CCN1CC(=O)N1CCN(S(=O)(=O)c2ccccc2Cl)CC1. The van der Waals surface area contributed by atoms with Gasteiger partial charge in [0.2, 0.25) is 15.9 Å². The van der Waals surface area contributed by atoms with Crippen LogP contribution in [-0.4, -0.2) is 67.7 Å². The second-order valence-corrected chi connectivity index (χ2v) is 10.7. The van der Waals surface area contributed by atoms with Crippen LogP contribution < -0.4 is 0 Å². The van der Waals surface area contributed by atoms with Crippen LogP contribution in [0, 0.1) is 0 Å². The molecule has 1 saturated heterocycles. The number of amides is 1. The van der Waals surface area contributed by atoms with Gasteiger partial charge in [-0.15, -0.1) is 11.3 Å². The molecule has 1 fully saturated rings. The van der Waals surface area contributed by atoms with Gasteiger partial charge in [0.05, 0.1) is 11.6 Å². The zero-order valence-corrected chi connectivity index (χ0v) is 18.6. The molecule has 3 heterocycles. The van der Waals surface area contributed by atoms with Crippen LogP contribution in [0.15, 0.2) is 40.6 Å². The first-order valence-corrected chi connectivity index (χ1v) is 12.4. The molecule has 1 unspecified atom stereocenters. The second-order valence-electron chi connectivity index (χ2n) is 7.41. The Kier molecular flexibility index (Phi) is 5.99. The Morgan fingerprint density at radius 1 is 1.14 bits per heavy atom. The van der Waals surface area contributed by atoms with Gasteiger partial charge in [0.15, 0.2) is 0 Å². The van der Waals surface area contributed by atoms with Crippen molar-refractivity contribution in [2.45, 2.75) is 24.3 Å². The molecule has 0 bridgehead atoms. The van der Waals surface area contributed by atoms with Crippen LogP contribution in [0.1, 0.15) is 23.4 Å². The van der Waals surface area contributed by atoms with E-state index in [1.165, 1.54) is 20.8 Å². The molecule has 6 nitrogen and oxygen atoms in total. The van der Waals surface area contributed by atoms with Gasteiger partial charge in [-0.3, -0.25) is 9.69 Å². The first-order valence-electron chi connectivity index (χ1n) is 9.70. The van der Waals surface area contributed by atoms with Gasteiger partial charge in [0.1, 0.15) is 4.90 Å². The summed E-state index contributed by atoms with van der Waals surface area (Å²) in [4.78, 5) is 18.4. The lowest BCUT2D eigenvalue weighted by Gasteiger charge is -2.37. The van der Waals surface area contributed by atoms with Crippen molar-refractivity contribution in [1.82, 2.24) is 14.1 Å². The van der Waals surface area contributed by atoms with Gasteiger partial charge in [-0.2, -0.15) is 4.31 Å². The number of hydrogen-bond donors (Lipinski definition) is 0. The number of carbonyl (C=O) groups excluding carboxylic acids is 1. The molecule has 0 radical (unpaired) electrons. The number of hydrogen-bond acceptors (Lipinski definition) is 5. The van der Waals surface area contributed by atoms with Gasteiger partial charge in [-0.1, -0.05) is 23.7 Å². The zero-order valence-electron chi connectivity index (χ0n) is 16.3. The molecule has 4 rings (SSSR count). The molecular formula is C20H24ClN3O3S2. The molecule has 0 spiro atoms. The Morgan fingerprint density at radius 2 is 1.86 bits per heavy atom. The first-order chi connectivity index (χ1) is 13.9. The maximum absolute atomic E-state index is 12.9. The molecule has 0 saturated carbocycles. The van der Waals surface area contributed by atoms with Crippen molar-refractivity contribution in [2.75, 3.05) is 39.3 Å². The summed E-state index contributed by atoms with van der Waals surface area (Å²) in [6.07, 6.45) is 0.981. The van der Waals surface area contributed by atoms with Crippen molar-refractivity contribution in [2.24, 2.45) is 0 Å². The van der Waals surface area contributed by atoms with Gasteiger partial charge >= 0.3 is 0 Å². The number of carbonyl (C=O) groups is 1. The third kappa shape index (κ3) is 4.09. The Hall–Kier alpha value is -1.45. The smallest absolute Gasteiger partial charge is 0.244 e. The normalized spacial score (nSPS) is 21.2. The summed E-state index contributed by atoms with van der Waals surface area (Å²) in [5, 5.41) is 2.34. The molecule has 0 aliphatic carbocycles. The van der Waals surface area contributed by atoms with Gasteiger partial charge in [0.25, 0.3) is 0 Å². The van der Waals surface area contributed by atoms with E-state index in [0.717, 1.165) is 13.0 Å². The number of sulfonamides is 1. The van der Waals surface area contributed by atoms with Crippen LogP contribution >= 0.6 is 22.9 Å². The predicted molar refractivity (Wildman–Crippen MR) is 115 cm³/mol. The number of halogens is 1. The van der Waals surface area contributed by atoms with E-state index in [1.54, 1.807) is 34.4 Å². The third-order valence-corrected chi connectivity index (χ3v) is 9.18. The van der Waals surface area contributed by atoms with E-state index in [1.807, 2.05) is 0 Å². The molecule has 1 atom stereocenters. The highest BCUT2D eigenvalue weighted by Crippen LogP contribution is 2.32. The molecule has 1 amide bonds. The van der Waals surface area contributed by atoms with Crippen molar-refractivity contribution < 1.29 is 13.2 Å². The average Bonchev–Trinajstić information content (AvgIpc) is 3.20. The van der Waals surface area contributed by atoms with E-state index in [9.17, 15) is 13.2 Å². The highest BCUT2D eigenvalue weighted by molar-refractivity contribution is 7.89. The Balaban J connectivity index is 1.36. The molecular weight excluding hydrogens is 430 g/mol. The highest BCUT2D eigenvalue weighted by Gasteiger charge is 2.33. The van der Waals surface area contributed by atoms with E-state index >= 15 is 0 Å². The molecule has 2 aromatic rings. The highest BCUT2D eigenvalue weighted by atomic mass is 35.5. The Morgan fingerprint density at radius 3 is 2.59 bits per heavy atom. The molecule has 1 aromatic carbocycles. The number of piperazine rings is 1. The molecule has 1 aromatic heterocycles. The number of thiophene rings is 1. The second kappa shape index (κ2) is 8.35. The van der Waals surface area contributed by atoms with Crippen molar-refractivity contribution in [3.05, 3.63) is 51.2 Å². The van der Waals surface area contributed by atoms with Gasteiger partial charge in [0, 0.05) is 43.6 Å². The van der Waals surface area contributed by atoms with Gasteiger partial charge < -0.3 is 4.90 Å². The minimum absolute atomic E-state index is 0.0605. The van der Waals surface area contributed by atoms with Crippen molar-refractivity contribution >= 4 is 38.9 Å². The summed E-state index contributed by atoms with van der Waals surface area (Å²) in [6.45, 7) is 4.75. The van der Waals surface area contributed by atoms with E-state index in [-0.39, 0.29) is 35.0 Å². The van der Waals surface area contributed by atoms with E-state index in [2.05, 4.69) is 23.3 Å². The number of benzene rings is 1. The molecule has 156 valence electrons. The molecule has 0 N–H and O–H groups in total. The fraction of sp³-hybridized carbons (Fsp3) is 0.450. The monoisotopic (exact) mass is 453 g/mol. The lowest BCUT2D eigenvalue weighted by molar-refractivity contribution is -0.134.